The number of carbonyl (C=O) groups excluding carboxylic acids is 3. The quantitative estimate of drug-likeness (QED) is 0.737. The number of amides is 4. The number of anilines is 1. The van der Waals surface area contributed by atoms with E-state index in [1.165, 1.54) is 6.92 Å². The summed E-state index contributed by atoms with van der Waals surface area (Å²) in [7, 11) is 3.32. The van der Waals surface area contributed by atoms with Crippen LogP contribution in [0.3, 0.4) is 0 Å². The lowest BCUT2D eigenvalue weighted by atomic mass is 10.0. The van der Waals surface area contributed by atoms with Gasteiger partial charge in [0.25, 0.3) is 5.91 Å². The molecule has 0 aliphatic carbocycles. The molecule has 0 saturated heterocycles. The highest BCUT2D eigenvalue weighted by molar-refractivity contribution is 5.99. The molecule has 0 aromatic heterocycles. The molecular weight excluding hydrogens is 412 g/mol. The maximum Gasteiger partial charge on any atom is 0.317 e. The topological polar surface area (TPSA) is 100 Å². The molecule has 0 radical (unpaired) electrons. The zero-order valence-electron chi connectivity index (χ0n) is 19.9. The van der Waals surface area contributed by atoms with E-state index in [9.17, 15) is 14.4 Å². The van der Waals surface area contributed by atoms with Crippen LogP contribution in [0.15, 0.2) is 18.2 Å². The second-order valence-electron chi connectivity index (χ2n) is 8.37. The predicted octanol–water partition coefficient (Wildman–Crippen LogP) is 2.57. The molecule has 0 unspecified atom stereocenters. The van der Waals surface area contributed by atoms with Crippen molar-refractivity contribution >= 4 is 23.5 Å². The molecule has 0 fully saturated rings. The Labute approximate surface area is 190 Å². The van der Waals surface area contributed by atoms with Crippen molar-refractivity contribution in [3.8, 4) is 5.75 Å². The van der Waals surface area contributed by atoms with Crippen molar-refractivity contribution < 1.29 is 23.9 Å². The first-order chi connectivity index (χ1) is 15.2. The number of likely N-dealkylation sites (N-methyl/N-ethyl adjacent to an activating group) is 1. The van der Waals surface area contributed by atoms with Gasteiger partial charge in [-0.2, -0.15) is 0 Å². The summed E-state index contributed by atoms with van der Waals surface area (Å²) in [6, 6.07) is 4.59. The fourth-order valence-corrected chi connectivity index (χ4v) is 3.67. The van der Waals surface area contributed by atoms with Crippen molar-refractivity contribution in [3.05, 3.63) is 23.8 Å². The molecule has 1 heterocycles. The average molecular weight is 449 g/mol. The van der Waals surface area contributed by atoms with Gasteiger partial charge in [0, 0.05) is 52.3 Å². The van der Waals surface area contributed by atoms with Crippen LogP contribution in [-0.4, -0.2) is 80.2 Å². The van der Waals surface area contributed by atoms with Crippen LogP contribution in [0.25, 0.3) is 0 Å². The summed E-state index contributed by atoms with van der Waals surface area (Å²) < 4.78 is 11.7. The molecule has 3 atom stereocenters. The van der Waals surface area contributed by atoms with Crippen molar-refractivity contribution in [1.29, 1.82) is 0 Å². The lowest BCUT2D eigenvalue weighted by Crippen LogP contribution is -2.51. The van der Waals surface area contributed by atoms with E-state index in [4.69, 9.17) is 9.47 Å². The zero-order valence-corrected chi connectivity index (χ0v) is 19.9. The van der Waals surface area contributed by atoms with Gasteiger partial charge in [0.2, 0.25) is 5.91 Å². The Morgan fingerprint density at radius 2 is 1.97 bits per heavy atom. The van der Waals surface area contributed by atoms with Crippen molar-refractivity contribution in [2.45, 2.75) is 46.3 Å². The SMILES string of the molecule is CCCNC(=O)N1C[C@@H](C)[C@@H](OC)CN(C)C(=O)c2cc(NC(C)=O)ccc2OC[C@H]1C. The van der Waals surface area contributed by atoms with Crippen molar-refractivity contribution in [2.24, 2.45) is 5.92 Å². The number of urea groups is 1. The summed E-state index contributed by atoms with van der Waals surface area (Å²) in [6.45, 7) is 8.97. The monoisotopic (exact) mass is 448 g/mol. The summed E-state index contributed by atoms with van der Waals surface area (Å²) >= 11 is 0. The fourth-order valence-electron chi connectivity index (χ4n) is 3.67. The molecular formula is C23H36N4O5. The molecule has 9 nitrogen and oxygen atoms in total. The van der Waals surface area contributed by atoms with E-state index in [2.05, 4.69) is 10.6 Å². The first-order valence-corrected chi connectivity index (χ1v) is 11.0. The summed E-state index contributed by atoms with van der Waals surface area (Å²) in [4.78, 5) is 40.9. The number of nitrogens with zero attached hydrogens (tertiary/aromatic N) is 2. The number of hydrogen-bond donors (Lipinski definition) is 2. The summed E-state index contributed by atoms with van der Waals surface area (Å²) in [5.41, 5.74) is 0.856. The van der Waals surface area contributed by atoms with Gasteiger partial charge in [0.05, 0.1) is 17.7 Å². The van der Waals surface area contributed by atoms with Gasteiger partial charge < -0.3 is 29.9 Å². The van der Waals surface area contributed by atoms with Crippen molar-refractivity contribution in [2.75, 3.05) is 45.7 Å². The number of hydrogen-bond acceptors (Lipinski definition) is 5. The maximum atomic E-state index is 13.2. The van der Waals surface area contributed by atoms with Gasteiger partial charge >= 0.3 is 6.03 Å². The van der Waals surface area contributed by atoms with Gasteiger partial charge in [-0.1, -0.05) is 13.8 Å². The van der Waals surface area contributed by atoms with Crippen LogP contribution in [0, 0.1) is 5.92 Å². The highest BCUT2D eigenvalue weighted by Gasteiger charge is 2.30. The largest absolute Gasteiger partial charge is 0.491 e. The summed E-state index contributed by atoms with van der Waals surface area (Å²) in [5.74, 6) is -0.0725. The maximum absolute atomic E-state index is 13.2. The van der Waals surface area contributed by atoms with E-state index in [1.807, 2.05) is 20.8 Å². The normalized spacial score (nSPS) is 22.2. The van der Waals surface area contributed by atoms with E-state index < -0.39 is 0 Å². The summed E-state index contributed by atoms with van der Waals surface area (Å²) in [6.07, 6.45) is 0.581. The lowest BCUT2D eigenvalue weighted by molar-refractivity contribution is -0.114. The third-order valence-corrected chi connectivity index (χ3v) is 5.55. The van der Waals surface area contributed by atoms with E-state index in [0.717, 1.165) is 6.42 Å². The molecule has 0 saturated carbocycles. The standard InChI is InChI=1S/C23H36N4O5/c1-7-10-24-23(30)27-12-15(2)21(31-6)13-26(5)22(29)19-11-18(25-17(4)28)8-9-20(19)32-14-16(27)3/h8-9,11,15-16,21H,7,10,12-14H2,1-6H3,(H,24,30)(H,25,28)/t15-,16-,21+/m1/s1. The number of rotatable bonds is 4. The van der Waals surface area contributed by atoms with Crippen molar-refractivity contribution in [1.82, 2.24) is 15.1 Å². The lowest BCUT2D eigenvalue weighted by Gasteiger charge is -2.36. The minimum atomic E-state index is -0.264. The molecule has 32 heavy (non-hydrogen) atoms. The van der Waals surface area contributed by atoms with E-state index in [-0.39, 0.29) is 42.5 Å². The van der Waals surface area contributed by atoms with E-state index in [1.54, 1.807) is 42.2 Å². The molecule has 1 aromatic carbocycles. The molecule has 1 aliphatic heterocycles. The van der Waals surface area contributed by atoms with Gasteiger partial charge in [-0.3, -0.25) is 9.59 Å². The van der Waals surface area contributed by atoms with Crippen LogP contribution in [0.5, 0.6) is 5.75 Å². The van der Waals surface area contributed by atoms with Crippen molar-refractivity contribution in [3.63, 3.8) is 0 Å². The second-order valence-corrected chi connectivity index (χ2v) is 8.37. The van der Waals surface area contributed by atoms with Gasteiger partial charge in [0.1, 0.15) is 12.4 Å². The van der Waals surface area contributed by atoms with Crippen LogP contribution in [0.4, 0.5) is 10.5 Å². The number of nitrogens with one attached hydrogen (secondary N) is 2. The van der Waals surface area contributed by atoms with Gasteiger partial charge in [0.15, 0.2) is 0 Å². The number of fused-ring (bicyclic) bond motifs is 1. The Kier molecular flexibility index (Phi) is 9.31. The number of carbonyl (C=O) groups is 3. The molecule has 178 valence electrons. The first kappa shape index (κ1) is 25.5. The average Bonchev–Trinajstić information content (AvgIpc) is 2.76. The smallest absolute Gasteiger partial charge is 0.317 e. The molecule has 1 aliphatic rings. The van der Waals surface area contributed by atoms with Crippen LogP contribution >= 0.6 is 0 Å². The fraction of sp³-hybridized carbons (Fsp3) is 0.609. The zero-order chi connectivity index (χ0) is 23.8. The molecule has 1 aromatic rings. The molecule has 4 amide bonds. The third kappa shape index (κ3) is 6.59. The number of ether oxygens (including phenoxy) is 2. The van der Waals surface area contributed by atoms with Gasteiger partial charge in [-0.15, -0.1) is 0 Å². The summed E-state index contributed by atoms with van der Waals surface area (Å²) in [5, 5.41) is 5.65. The Morgan fingerprint density at radius 3 is 2.59 bits per heavy atom. The Hall–Kier alpha value is -2.81. The second kappa shape index (κ2) is 11.7. The Bertz CT molecular complexity index is 816. The van der Waals surface area contributed by atoms with E-state index in [0.29, 0.717) is 36.6 Å². The van der Waals surface area contributed by atoms with Crippen LogP contribution < -0.4 is 15.4 Å². The number of methoxy groups -OCH3 is 1. The van der Waals surface area contributed by atoms with E-state index >= 15 is 0 Å². The first-order valence-electron chi connectivity index (χ1n) is 11.0. The van der Waals surface area contributed by atoms with Gasteiger partial charge in [-0.05, 0) is 31.5 Å². The Balaban J connectivity index is 2.42. The predicted molar refractivity (Wildman–Crippen MR) is 123 cm³/mol. The van der Waals surface area contributed by atoms with Gasteiger partial charge in [-0.25, -0.2) is 4.79 Å². The number of benzene rings is 1. The van der Waals surface area contributed by atoms with Crippen LogP contribution in [0.1, 0.15) is 44.5 Å². The third-order valence-electron chi connectivity index (χ3n) is 5.55. The minimum Gasteiger partial charge on any atom is -0.491 e. The molecule has 9 heteroatoms. The highest BCUT2D eigenvalue weighted by Crippen LogP contribution is 2.26. The van der Waals surface area contributed by atoms with Crippen LogP contribution in [0.2, 0.25) is 0 Å². The molecule has 2 N–H and O–H groups in total. The molecule has 2 rings (SSSR count). The van der Waals surface area contributed by atoms with Crippen LogP contribution in [-0.2, 0) is 9.53 Å². The molecule has 0 spiro atoms. The minimum absolute atomic E-state index is 0.0188. The Morgan fingerprint density at radius 1 is 1.25 bits per heavy atom. The highest BCUT2D eigenvalue weighted by atomic mass is 16.5. The molecule has 0 bridgehead atoms.